The van der Waals surface area contributed by atoms with Gasteiger partial charge in [0.15, 0.2) is 5.78 Å². The number of ketones is 1. The molecule has 1 heterocycles. The van der Waals surface area contributed by atoms with Crippen molar-refractivity contribution in [1.29, 1.82) is 0 Å². The maximum atomic E-state index is 13.2. The van der Waals surface area contributed by atoms with Crippen LogP contribution in [-0.4, -0.2) is 11.7 Å². The number of benzene rings is 3. The van der Waals surface area contributed by atoms with Crippen LogP contribution in [0, 0.1) is 0 Å². The normalized spacial score (nSPS) is 15.9. The molecule has 0 aliphatic carbocycles. The van der Waals surface area contributed by atoms with Crippen molar-refractivity contribution in [2.24, 2.45) is 0 Å². The second kappa shape index (κ2) is 7.42. The van der Waals surface area contributed by atoms with Gasteiger partial charge in [-0.25, -0.2) is 0 Å². The molecule has 0 aromatic heterocycles. The highest BCUT2D eigenvalue weighted by Gasteiger charge is 2.32. The molecule has 0 spiro atoms. The largest absolute Gasteiger partial charge is 0.325 e. The second-order valence-electron chi connectivity index (χ2n) is 6.59. The van der Waals surface area contributed by atoms with Crippen LogP contribution in [0.25, 0.3) is 11.6 Å². The minimum absolute atomic E-state index is 0.0399. The summed E-state index contributed by atoms with van der Waals surface area (Å²) in [5.41, 5.74) is 4.13. The van der Waals surface area contributed by atoms with E-state index in [4.69, 9.17) is 0 Å². The van der Waals surface area contributed by atoms with Gasteiger partial charge in [-0.15, -0.1) is 0 Å². The van der Waals surface area contributed by atoms with Crippen LogP contribution in [0.2, 0.25) is 0 Å². The Bertz CT molecular complexity index is 1010. The van der Waals surface area contributed by atoms with E-state index in [2.05, 4.69) is 5.32 Å². The van der Waals surface area contributed by atoms with Gasteiger partial charge in [0.1, 0.15) is 0 Å². The lowest BCUT2D eigenvalue weighted by molar-refractivity contribution is -0.121. The Hall–Kier alpha value is -3.46. The van der Waals surface area contributed by atoms with Crippen LogP contribution in [0.3, 0.4) is 0 Å². The van der Waals surface area contributed by atoms with E-state index in [1.165, 1.54) is 0 Å². The quantitative estimate of drug-likeness (QED) is 0.523. The molecule has 1 amide bonds. The molecule has 1 N–H and O–H groups in total. The first kappa shape index (κ1) is 17.0. The number of allylic oxidation sites excluding steroid dienone is 1. The fraction of sp³-hybridized carbons (Fsp3) is 0.0833. The van der Waals surface area contributed by atoms with Crippen molar-refractivity contribution in [2.75, 3.05) is 5.32 Å². The molecular weight excluding hydrogens is 334 g/mol. The first-order valence-corrected chi connectivity index (χ1v) is 8.97. The van der Waals surface area contributed by atoms with E-state index in [-0.39, 0.29) is 18.1 Å². The number of amides is 1. The molecule has 1 aliphatic rings. The molecule has 4 rings (SSSR count). The van der Waals surface area contributed by atoms with Gasteiger partial charge in [0, 0.05) is 17.7 Å². The molecular formula is C24H19NO2. The first-order chi connectivity index (χ1) is 13.2. The summed E-state index contributed by atoms with van der Waals surface area (Å²) in [6.07, 6.45) is 2.05. The van der Waals surface area contributed by atoms with Crippen LogP contribution in [0.15, 0.2) is 84.9 Å². The molecule has 0 saturated carbocycles. The number of anilines is 1. The average molecular weight is 353 g/mol. The van der Waals surface area contributed by atoms with Gasteiger partial charge in [-0.1, -0.05) is 78.9 Å². The van der Waals surface area contributed by atoms with E-state index in [0.717, 1.165) is 22.4 Å². The van der Waals surface area contributed by atoms with Crippen molar-refractivity contribution in [3.05, 3.63) is 102 Å². The highest BCUT2D eigenvalue weighted by Crippen LogP contribution is 2.36. The fourth-order valence-electron chi connectivity index (χ4n) is 3.43. The lowest BCUT2D eigenvalue weighted by Crippen LogP contribution is -2.16. The van der Waals surface area contributed by atoms with Crippen LogP contribution in [0.5, 0.6) is 0 Å². The van der Waals surface area contributed by atoms with E-state index in [0.29, 0.717) is 5.57 Å². The van der Waals surface area contributed by atoms with Crippen molar-refractivity contribution in [2.45, 2.75) is 12.3 Å². The Balaban J connectivity index is 1.68. The van der Waals surface area contributed by atoms with Crippen LogP contribution >= 0.6 is 0 Å². The Morgan fingerprint density at radius 3 is 2.22 bits per heavy atom. The number of carbonyl (C=O) groups is 2. The van der Waals surface area contributed by atoms with E-state index in [9.17, 15) is 9.59 Å². The number of Topliss-reactive ketones (excluding diaryl/α,β-unsaturated/α-hetero) is 1. The molecule has 27 heavy (non-hydrogen) atoms. The number of hydrogen-bond acceptors (Lipinski definition) is 2. The molecule has 132 valence electrons. The standard InChI is InChI=1S/C24H19NO2/c26-23(16-21-19-13-7-8-14-22(19)25-24(21)27)20(18-11-5-2-6-12-18)15-17-9-3-1-4-10-17/h1-15,21H,16H2,(H,25,27)/b20-15+. The third kappa shape index (κ3) is 3.58. The van der Waals surface area contributed by atoms with Crippen molar-refractivity contribution < 1.29 is 9.59 Å². The zero-order chi connectivity index (χ0) is 18.6. The summed E-state index contributed by atoms with van der Waals surface area (Å²) in [6.45, 7) is 0. The van der Waals surface area contributed by atoms with Crippen molar-refractivity contribution >= 4 is 29.0 Å². The predicted molar refractivity (Wildman–Crippen MR) is 108 cm³/mol. The molecule has 0 radical (unpaired) electrons. The molecule has 0 fully saturated rings. The lowest BCUT2D eigenvalue weighted by Gasteiger charge is -2.11. The van der Waals surface area contributed by atoms with Crippen molar-refractivity contribution in [3.63, 3.8) is 0 Å². The third-order valence-electron chi connectivity index (χ3n) is 4.80. The Kier molecular flexibility index (Phi) is 4.67. The van der Waals surface area contributed by atoms with Gasteiger partial charge in [-0.2, -0.15) is 0 Å². The van der Waals surface area contributed by atoms with Gasteiger partial charge < -0.3 is 5.32 Å². The molecule has 3 nitrogen and oxygen atoms in total. The molecule has 3 aromatic carbocycles. The summed E-state index contributed by atoms with van der Waals surface area (Å²) in [7, 11) is 0. The highest BCUT2D eigenvalue weighted by atomic mass is 16.2. The van der Waals surface area contributed by atoms with Gasteiger partial charge in [-0.3, -0.25) is 9.59 Å². The molecule has 0 bridgehead atoms. The third-order valence-corrected chi connectivity index (χ3v) is 4.80. The van der Waals surface area contributed by atoms with Gasteiger partial charge in [-0.05, 0) is 28.8 Å². The maximum Gasteiger partial charge on any atom is 0.232 e. The number of nitrogens with one attached hydrogen (secondary N) is 1. The van der Waals surface area contributed by atoms with Crippen molar-refractivity contribution in [3.8, 4) is 0 Å². The van der Waals surface area contributed by atoms with Crippen LogP contribution in [-0.2, 0) is 9.59 Å². The van der Waals surface area contributed by atoms with Crippen LogP contribution < -0.4 is 5.32 Å². The molecule has 1 atom stereocenters. The van der Waals surface area contributed by atoms with Gasteiger partial charge in [0.2, 0.25) is 5.91 Å². The monoisotopic (exact) mass is 353 g/mol. The molecule has 0 saturated heterocycles. The molecule has 1 unspecified atom stereocenters. The number of carbonyl (C=O) groups excluding carboxylic acids is 2. The Labute approximate surface area is 158 Å². The summed E-state index contributed by atoms with van der Waals surface area (Å²) < 4.78 is 0. The topological polar surface area (TPSA) is 46.2 Å². The zero-order valence-corrected chi connectivity index (χ0v) is 14.8. The van der Waals surface area contributed by atoms with E-state index in [1.807, 2.05) is 91.0 Å². The van der Waals surface area contributed by atoms with Gasteiger partial charge in [0.05, 0.1) is 5.92 Å². The highest BCUT2D eigenvalue weighted by molar-refractivity contribution is 6.26. The number of para-hydroxylation sites is 1. The summed E-state index contributed by atoms with van der Waals surface area (Å²) in [5.74, 6) is -0.602. The number of hydrogen-bond donors (Lipinski definition) is 1. The van der Waals surface area contributed by atoms with Gasteiger partial charge in [0.25, 0.3) is 0 Å². The molecule has 3 heteroatoms. The minimum atomic E-state index is -0.448. The lowest BCUT2D eigenvalue weighted by atomic mass is 9.89. The van der Waals surface area contributed by atoms with Crippen molar-refractivity contribution in [1.82, 2.24) is 0 Å². The average Bonchev–Trinajstić information content (AvgIpc) is 3.03. The van der Waals surface area contributed by atoms with Gasteiger partial charge >= 0.3 is 0 Å². The Morgan fingerprint density at radius 1 is 0.852 bits per heavy atom. The SMILES string of the molecule is O=C(CC1C(=O)Nc2ccccc21)/C(=C/c1ccccc1)c1ccccc1. The maximum absolute atomic E-state index is 13.2. The summed E-state index contributed by atoms with van der Waals surface area (Å²) >= 11 is 0. The Morgan fingerprint density at radius 2 is 1.48 bits per heavy atom. The minimum Gasteiger partial charge on any atom is -0.325 e. The smallest absolute Gasteiger partial charge is 0.232 e. The number of rotatable bonds is 5. The summed E-state index contributed by atoms with van der Waals surface area (Å²) in [4.78, 5) is 25.6. The summed E-state index contributed by atoms with van der Waals surface area (Å²) in [5, 5.41) is 2.87. The predicted octanol–water partition coefficient (Wildman–Crippen LogP) is 4.92. The number of fused-ring (bicyclic) bond motifs is 1. The second-order valence-corrected chi connectivity index (χ2v) is 6.59. The van der Waals surface area contributed by atoms with E-state index in [1.54, 1.807) is 0 Å². The summed E-state index contributed by atoms with van der Waals surface area (Å²) in [6, 6.07) is 26.9. The fourth-order valence-corrected chi connectivity index (χ4v) is 3.43. The van der Waals surface area contributed by atoms with E-state index >= 15 is 0 Å². The first-order valence-electron chi connectivity index (χ1n) is 8.97. The molecule has 3 aromatic rings. The van der Waals surface area contributed by atoms with Crippen LogP contribution in [0.1, 0.15) is 29.0 Å². The van der Waals surface area contributed by atoms with Crippen LogP contribution in [0.4, 0.5) is 5.69 Å². The van der Waals surface area contributed by atoms with E-state index < -0.39 is 5.92 Å². The zero-order valence-electron chi connectivity index (χ0n) is 14.8. The molecule has 1 aliphatic heterocycles.